The van der Waals surface area contributed by atoms with Crippen LogP contribution in [0.5, 0.6) is 11.5 Å². The number of ether oxygens (including phenoxy) is 2. The van der Waals surface area contributed by atoms with Gasteiger partial charge < -0.3 is 25.2 Å². The number of nitrogens with zero attached hydrogens (tertiary/aromatic N) is 1. The average molecular weight is 453 g/mol. The number of benzene rings is 1. The van der Waals surface area contributed by atoms with E-state index in [0.717, 1.165) is 11.1 Å². The van der Waals surface area contributed by atoms with Gasteiger partial charge in [0.25, 0.3) is 0 Å². The molecule has 1 aromatic carbocycles. The van der Waals surface area contributed by atoms with E-state index in [9.17, 15) is 18.0 Å². The van der Waals surface area contributed by atoms with Crippen LogP contribution in [0.2, 0.25) is 0 Å². The number of rotatable bonds is 8. The zero-order valence-corrected chi connectivity index (χ0v) is 18.0. The lowest BCUT2D eigenvalue weighted by atomic mass is 9.92. The molecule has 0 bridgehead atoms. The molecular weight excluding hydrogens is 427 g/mol. The molecule has 1 aromatic heterocycles. The molecule has 0 aliphatic carbocycles. The molecule has 1 amide bonds. The minimum Gasteiger partial charge on any atom is -0.493 e. The van der Waals surface area contributed by atoms with Crippen LogP contribution >= 0.6 is 0 Å². The van der Waals surface area contributed by atoms with Gasteiger partial charge in [-0.1, -0.05) is 13.0 Å². The van der Waals surface area contributed by atoms with E-state index in [1.54, 1.807) is 12.1 Å². The van der Waals surface area contributed by atoms with Gasteiger partial charge in [-0.25, -0.2) is 9.78 Å². The van der Waals surface area contributed by atoms with E-state index in [-0.39, 0.29) is 11.7 Å². The van der Waals surface area contributed by atoms with E-state index >= 15 is 0 Å². The second-order valence-electron chi connectivity index (χ2n) is 8.58. The van der Waals surface area contributed by atoms with Crippen LogP contribution in [0.3, 0.4) is 0 Å². The molecule has 10 heteroatoms. The predicted molar refractivity (Wildman–Crippen MR) is 113 cm³/mol. The SMILES string of the molecule is C[C@H](COc1ccc2c(c1)COc1cnc(NCC(F)(F)F)cc1-2)CC(C)(C)NC(=O)O. The molecular formula is C22H26F3N3O4. The first-order valence-electron chi connectivity index (χ1n) is 10.1. The van der Waals surface area contributed by atoms with Crippen LogP contribution in [-0.2, 0) is 6.61 Å². The van der Waals surface area contributed by atoms with Crippen molar-refractivity contribution >= 4 is 11.9 Å². The van der Waals surface area contributed by atoms with Crippen molar-refractivity contribution in [2.75, 3.05) is 18.5 Å². The molecule has 1 aliphatic heterocycles. The fraction of sp³-hybridized carbons (Fsp3) is 0.455. The van der Waals surface area contributed by atoms with Crippen molar-refractivity contribution in [1.82, 2.24) is 10.3 Å². The Hall–Kier alpha value is -3.17. The van der Waals surface area contributed by atoms with Gasteiger partial charge in [-0.3, -0.25) is 0 Å². The highest BCUT2D eigenvalue weighted by atomic mass is 19.4. The molecule has 2 heterocycles. The smallest absolute Gasteiger partial charge is 0.405 e. The number of nitrogens with one attached hydrogen (secondary N) is 2. The quantitative estimate of drug-likeness (QED) is 0.517. The zero-order valence-electron chi connectivity index (χ0n) is 18.0. The van der Waals surface area contributed by atoms with Crippen LogP contribution in [0.1, 0.15) is 32.8 Å². The first-order valence-corrected chi connectivity index (χ1v) is 10.1. The van der Waals surface area contributed by atoms with E-state index in [1.165, 1.54) is 6.20 Å². The van der Waals surface area contributed by atoms with Crippen LogP contribution in [-0.4, -0.2) is 41.1 Å². The van der Waals surface area contributed by atoms with Crippen molar-refractivity contribution in [2.24, 2.45) is 5.92 Å². The summed E-state index contributed by atoms with van der Waals surface area (Å²) in [6, 6.07) is 7.03. The van der Waals surface area contributed by atoms with Gasteiger partial charge in [0.2, 0.25) is 0 Å². The molecule has 0 saturated carbocycles. The molecule has 0 saturated heterocycles. The summed E-state index contributed by atoms with van der Waals surface area (Å²) in [5.41, 5.74) is 1.78. The summed E-state index contributed by atoms with van der Waals surface area (Å²) in [6.45, 7) is 5.13. The van der Waals surface area contributed by atoms with Gasteiger partial charge in [-0.15, -0.1) is 0 Å². The van der Waals surface area contributed by atoms with Gasteiger partial charge in [-0.2, -0.15) is 13.2 Å². The number of halogens is 3. The maximum atomic E-state index is 12.5. The Kier molecular flexibility index (Phi) is 6.71. The minimum absolute atomic E-state index is 0.0956. The summed E-state index contributed by atoms with van der Waals surface area (Å²) in [4.78, 5) is 14.9. The molecule has 1 aliphatic rings. The third-order valence-electron chi connectivity index (χ3n) is 4.93. The summed E-state index contributed by atoms with van der Waals surface area (Å²) < 4.78 is 49.0. The van der Waals surface area contributed by atoms with E-state index < -0.39 is 24.4 Å². The van der Waals surface area contributed by atoms with Crippen molar-refractivity contribution in [3.8, 4) is 22.6 Å². The van der Waals surface area contributed by atoms with Crippen molar-refractivity contribution < 1.29 is 32.5 Å². The highest BCUT2D eigenvalue weighted by Gasteiger charge is 2.27. The van der Waals surface area contributed by atoms with Crippen molar-refractivity contribution in [1.29, 1.82) is 0 Å². The normalized spacial score (nSPS) is 13.9. The molecule has 7 nitrogen and oxygen atoms in total. The lowest BCUT2D eigenvalue weighted by Gasteiger charge is -2.28. The molecule has 3 N–H and O–H groups in total. The Morgan fingerprint density at radius 3 is 2.72 bits per heavy atom. The van der Waals surface area contributed by atoms with Gasteiger partial charge in [0.1, 0.15) is 30.5 Å². The molecule has 0 fully saturated rings. The van der Waals surface area contributed by atoms with Crippen molar-refractivity contribution in [3.05, 3.63) is 36.0 Å². The third-order valence-corrected chi connectivity index (χ3v) is 4.93. The lowest BCUT2D eigenvalue weighted by Crippen LogP contribution is -2.44. The van der Waals surface area contributed by atoms with Gasteiger partial charge in [-0.05, 0) is 49.9 Å². The van der Waals surface area contributed by atoms with Crippen LogP contribution in [0, 0.1) is 5.92 Å². The van der Waals surface area contributed by atoms with E-state index in [1.807, 2.05) is 32.9 Å². The second-order valence-corrected chi connectivity index (χ2v) is 8.58. The van der Waals surface area contributed by atoms with Crippen molar-refractivity contribution in [3.63, 3.8) is 0 Å². The summed E-state index contributed by atoms with van der Waals surface area (Å²) in [5, 5.41) is 13.7. The average Bonchev–Trinajstić information content (AvgIpc) is 2.68. The number of aromatic nitrogens is 1. The molecule has 0 spiro atoms. The van der Waals surface area contributed by atoms with E-state index in [4.69, 9.17) is 14.6 Å². The summed E-state index contributed by atoms with van der Waals surface area (Å²) in [5.74, 6) is 1.35. The van der Waals surface area contributed by atoms with Crippen LogP contribution in [0.25, 0.3) is 11.1 Å². The number of pyridine rings is 1. The number of carboxylic acid groups (broad SMARTS) is 1. The summed E-state index contributed by atoms with van der Waals surface area (Å²) in [7, 11) is 0. The molecule has 1 atom stereocenters. The molecule has 0 radical (unpaired) electrons. The monoisotopic (exact) mass is 453 g/mol. The van der Waals surface area contributed by atoms with Crippen LogP contribution < -0.4 is 20.1 Å². The first-order chi connectivity index (χ1) is 14.9. The predicted octanol–water partition coefficient (Wildman–Crippen LogP) is 5.07. The maximum Gasteiger partial charge on any atom is 0.405 e. The fourth-order valence-electron chi connectivity index (χ4n) is 3.76. The maximum absolute atomic E-state index is 12.5. The Labute approximate surface area is 183 Å². The second kappa shape index (κ2) is 9.13. The number of hydrogen-bond acceptors (Lipinski definition) is 5. The number of alkyl halides is 3. The number of fused-ring (bicyclic) bond motifs is 3. The van der Waals surface area contributed by atoms with Gasteiger partial charge in [0.15, 0.2) is 0 Å². The van der Waals surface area contributed by atoms with E-state index in [2.05, 4.69) is 15.6 Å². The van der Waals surface area contributed by atoms with E-state index in [0.29, 0.717) is 36.7 Å². The van der Waals surface area contributed by atoms with Crippen LogP contribution in [0.15, 0.2) is 30.5 Å². The van der Waals surface area contributed by atoms with Crippen LogP contribution in [0.4, 0.5) is 23.8 Å². The molecule has 0 unspecified atom stereocenters. The van der Waals surface area contributed by atoms with Crippen molar-refractivity contribution in [2.45, 2.75) is 45.5 Å². The lowest BCUT2D eigenvalue weighted by molar-refractivity contribution is -0.115. The third kappa shape index (κ3) is 6.41. The molecule has 32 heavy (non-hydrogen) atoms. The minimum atomic E-state index is -4.34. The number of hydrogen-bond donors (Lipinski definition) is 3. The molecule has 3 rings (SSSR count). The number of carbonyl (C=O) groups is 1. The molecule has 2 aromatic rings. The summed E-state index contributed by atoms with van der Waals surface area (Å²) in [6.07, 6.45) is -3.39. The van der Waals surface area contributed by atoms with Gasteiger partial charge in [0, 0.05) is 16.7 Å². The largest absolute Gasteiger partial charge is 0.493 e. The highest BCUT2D eigenvalue weighted by Crippen LogP contribution is 2.39. The number of amides is 1. The van der Waals surface area contributed by atoms with Gasteiger partial charge >= 0.3 is 12.3 Å². The fourth-order valence-corrected chi connectivity index (χ4v) is 3.76. The zero-order chi connectivity index (χ0) is 23.5. The topological polar surface area (TPSA) is 92.7 Å². The Balaban J connectivity index is 1.67. The Morgan fingerprint density at radius 1 is 1.28 bits per heavy atom. The Bertz CT molecular complexity index is 979. The molecule has 174 valence electrons. The summed E-state index contributed by atoms with van der Waals surface area (Å²) >= 11 is 0. The first kappa shape index (κ1) is 23.5. The number of anilines is 1. The highest BCUT2D eigenvalue weighted by molar-refractivity contribution is 5.77. The Morgan fingerprint density at radius 2 is 2.03 bits per heavy atom. The van der Waals surface area contributed by atoms with Gasteiger partial charge in [0.05, 0.1) is 12.8 Å². The standard InChI is InChI=1S/C22H26F3N3O4/c1-13(8-21(2,3)28-20(29)30)10-31-15-4-5-16-14(6-15)11-32-18-9-26-19(7-17(16)18)27-12-22(23,24)25/h4-7,9,13,28H,8,10-12H2,1-3H3,(H,26,27)(H,29,30)/t13-/m0/s1.